The summed E-state index contributed by atoms with van der Waals surface area (Å²) in [6.45, 7) is 4.95. The van der Waals surface area contributed by atoms with Crippen LogP contribution in [0.5, 0.6) is 0 Å². The molecule has 2 N–H and O–H groups in total. The van der Waals surface area contributed by atoms with Gasteiger partial charge in [-0.25, -0.2) is 4.98 Å². The van der Waals surface area contributed by atoms with Crippen LogP contribution in [0.1, 0.15) is 20.3 Å². The zero-order valence-electron chi connectivity index (χ0n) is 10.3. The highest BCUT2D eigenvalue weighted by Gasteiger charge is 2.10. The lowest BCUT2D eigenvalue weighted by Gasteiger charge is -2.14. The van der Waals surface area contributed by atoms with Gasteiger partial charge in [0, 0.05) is 12.6 Å². The fourth-order valence-electron chi connectivity index (χ4n) is 1.83. The second-order valence-electron chi connectivity index (χ2n) is 4.25. The molecular weight excluding hydrogens is 214 g/mol. The van der Waals surface area contributed by atoms with Crippen LogP contribution in [0, 0.1) is 0 Å². The molecule has 0 amide bonds. The standard InChI is InChI=1S/C13H19N3O/c1-3-10(2)14-13-15-11-6-4-5-7-12(11)16(13)8-9-17/h4-7,10,17H,3,8-9H2,1-2H3,(H,14,15). The van der Waals surface area contributed by atoms with Gasteiger partial charge >= 0.3 is 0 Å². The average molecular weight is 233 g/mol. The van der Waals surface area contributed by atoms with Gasteiger partial charge in [0.25, 0.3) is 0 Å². The minimum Gasteiger partial charge on any atom is -0.395 e. The zero-order chi connectivity index (χ0) is 12.3. The van der Waals surface area contributed by atoms with E-state index in [4.69, 9.17) is 5.11 Å². The number of aromatic nitrogens is 2. The Bertz CT molecular complexity index is 492. The molecule has 4 nitrogen and oxygen atoms in total. The summed E-state index contributed by atoms with van der Waals surface area (Å²) in [6, 6.07) is 8.37. The molecule has 0 bridgehead atoms. The van der Waals surface area contributed by atoms with Crippen molar-refractivity contribution < 1.29 is 5.11 Å². The lowest BCUT2D eigenvalue weighted by molar-refractivity contribution is 0.278. The van der Waals surface area contributed by atoms with Gasteiger partial charge in [-0.05, 0) is 25.5 Å². The normalized spacial score (nSPS) is 12.9. The lowest BCUT2D eigenvalue weighted by atomic mass is 10.3. The first kappa shape index (κ1) is 11.9. The predicted molar refractivity (Wildman–Crippen MR) is 70.2 cm³/mol. The quantitative estimate of drug-likeness (QED) is 0.832. The van der Waals surface area contributed by atoms with Crippen LogP contribution < -0.4 is 5.32 Å². The number of imidazole rings is 1. The highest BCUT2D eigenvalue weighted by molar-refractivity contribution is 5.78. The topological polar surface area (TPSA) is 50.1 Å². The van der Waals surface area contributed by atoms with E-state index in [1.807, 2.05) is 28.8 Å². The molecule has 0 saturated carbocycles. The van der Waals surface area contributed by atoms with Gasteiger partial charge in [-0.3, -0.25) is 0 Å². The Morgan fingerprint density at radius 2 is 2.18 bits per heavy atom. The van der Waals surface area contributed by atoms with E-state index in [0.29, 0.717) is 12.6 Å². The molecule has 4 heteroatoms. The minimum atomic E-state index is 0.121. The molecule has 1 aromatic carbocycles. The maximum atomic E-state index is 9.14. The molecule has 92 valence electrons. The third-order valence-electron chi connectivity index (χ3n) is 2.97. The Morgan fingerprint density at radius 1 is 1.41 bits per heavy atom. The number of benzene rings is 1. The van der Waals surface area contributed by atoms with E-state index in [9.17, 15) is 0 Å². The predicted octanol–water partition coefficient (Wildman–Crippen LogP) is 2.24. The monoisotopic (exact) mass is 233 g/mol. The smallest absolute Gasteiger partial charge is 0.204 e. The maximum absolute atomic E-state index is 9.14. The second-order valence-corrected chi connectivity index (χ2v) is 4.25. The molecule has 0 aliphatic carbocycles. The van der Waals surface area contributed by atoms with Crippen molar-refractivity contribution in [2.45, 2.75) is 32.9 Å². The van der Waals surface area contributed by atoms with Crippen molar-refractivity contribution in [2.75, 3.05) is 11.9 Å². The van der Waals surface area contributed by atoms with Gasteiger partial charge < -0.3 is 15.0 Å². The van der Waals surface area contributed by atoms with Crippen molar-refractivity contribution in [3.05, 3.63) is 24.3 Å². The van der Waals surface area contributed by atoms with Crippen LogP contribution in [0.2, 0.25) is 0 Å². The summed E-state index contributed by atoms with van der Waals surface area (Å²) in [4.78, 5) is 4.56. The Balaban J connectivity index is 2.42. The summed E-state index contributed by atoms with van der Waals surface area (Å²) in [6.07, 6.45) is 1.04. The van der Waals surface area contributed by atoms with E-state index in [1.165, 1.54) is 0 Å². The van der Waals surface area contributed by atoms with Crippen molar-refractivity contribution in [1.82, 2.24) is 9.55 Å². The lowest BCUT2D eigenvalue weighted by Crippen LogP contribution is -2.18. The number of para-hydroxylation sites is 2. The van der Waals surface area contributed by atoms with Gasteiger partial charge in [-0.2, -0.15) is 0 Å². The molecule has 1 unspecified atom stereocenters. The summed E-state index contributed by atoms with van der Waals surface area (Å²) < 4.78 is 2.03. The number of anilines is 1. The molecular formula is C13H19N3O. The Labute approximate surface area is 101 Å². The van der Waals surface area contributed by atoms with Crippen LogP contribution >= 0.6 is 0 Å². The molecule has 0 spiro atoms. The molecule has 17 heavy (non-hydrogen) atoms. The zero-order valence-corrected chi connectivity index (χ0v) is 10.3. The highest BCUT2D eigenvalue weighted by Crippen LogP contribution is 2.20. The molecule has 1 atom stereocenters. The summed E-state index contributed by atoms with van der Waals surface area (Å²) in [5, 5.41) is 12.5. The van der Waals surface area contributed by atoms with Gasteiger partial charge in [0.2, 0.25) is 5.95 Å². The van der Waals surface area contributed by atoms with Crippen molar-refractivity contribution in [3.8, 4) is 0 Å². The van der Waals surface area contributed by atoms with Gasteiger partial charge in [0.15, 0.2) is 0 Å². The summed E-state index contributed by atoms with van der Waals surface area (Å²) in [5.74, 6) is 0.842. The molecule has 0 saturated heterocycles. The van der Waals surface area contributed by atoms with E-state index in [2.05, 4.69) is 24.1 Å². The van der Waals surface area contributed by atoms with Crippen LogP contribution in [0.3, 0.4) is 0 Å². The third kappa shape index (κ3) is 2.42. The van der Waals surface area contributed by atoms with Crippen molar-refractivity contribution in [1.29, 1.82) is 0 Å². The van der Waals surface area contributed by atoms with Gasteiger partial charge in [0.05, 0.1) is 17.6 Å². The Kier molecular flexibility index (Phi) is 3.64. The van der Waals surface area contributed by atoms with Crippen LogP contribution in [0.4, 0.5) is 5.95 Å². The number of aliphatic hydroxyl groups is 1. The van der Waals surface area contributed by atoms with Crippen molar-refractivity contribution in [2.24, 2.45) is 0 Å². The molecule has 0 fully saturated rings. The van der Waals surface area contributed by atoms with E-state index < -0.39 is 0 Å². The molecule has 1 heterocycles. The van der Waals surface area contributed by atoms with Crippen molar-refractivity contribution in [3.63, 3.8) is 0 Å². The van der Waals surface area contributed by atoms with E-state index in [1.54, 1.807) is 0 Å². The average Bonchev–Trinajstić information content (AvgIpc) is 2.68. The molecule has 0 aliphatic heterocycles. The summed E-state index contributed by atoms with van der Waals surface area (Å²) >= 11 is 0. The van der Waals surface area contributed by atoms with Gasteiger partial charge in [-0.1, -0.05) is 19.1 Å². The fraction of sp³-hybridized carbons (Fsp3) is 0.462. The van der Waals surface area contributed by atoms with E-state index in [-0.39, 0.29) is 6.61 Å². The number of hydrogen-bond acceptors (Lipinski definition) is 3. The number of hydrogen-bond donors (Lipinski definition) is 2. The highest BCUT2D eigenvalue weighted by atomic mass is 16.3. The maximum Gasteiger partial charge on any atom is 0.204 e. The first-order valence-corrected chi connectivity index (χ1v) is 6.09. The number of nitrogens with one attached hydrogen (secondary N) is 1. The van der Waals surface area contributed by atoms with Crippen LogP contribution in [-0.2, 0) is 6.54 Å². The van der Waals surface area contributed by atoms with E-state index in [0.717, 1.165) is 23.4 Å². The second kappa shape index (κ2) is 5.19. The Morgan fingerprint density at radius 3 is 2.88 bits per heavy atom. The Hall–Kier alpha value is -1.55. The summed E-state index contributed by atoms with van der Waals surface area (Å²) in [7, 11) is 0. The molecule has 0 radical (unpaired) electrons. The summed E-state index contributed by atoms with van der Waals surface area (Å²) in [5.41, 5.74) is 2.03. The third-order valence-corrected chi connectivity index (χ3v) is 2.97. The van der Waals surface area contributed by atoms with Crippen LogP contribution in [0.25, 0.3) is 11.0 Å². The van der Waals surface area contributed by atoms with E-state index >= 15 is 0 Å². The first-order chi connectivity index (χ1) is 8.26. The first-order valence-electron chi connectivity index (χ1n) is 6.09. The van der Waals surface area contributed by atoms with Crippen molar-refractivity contribution >= 4 is 17.0 Å². The fourth-order valence-corrected chi connectivity index (χ4v) is 1.83. The number of rotatable bonds is 5. The minimum absolute atomic E-state index is 0.121. The van der Waals surface area contributed by atoms with Crippen LogP contribution in [-0.4, -0.2) is 27.3 Å². The number of aliphatic hydroxyl groups excluding tert-OH is 1. The molecule has 1 aromatic heterocycles. The SMILES string of the molecule is CCC(C)Nc1nc2ccccc2n1CCO. The molecule has 0 aliphatic rings. The number of nitrogens with zero attached hydrogens (tertiary/aromatic N) is 2. The van der Waals surface area contributed by atoms with Gasteiger partial charge in [-0.15, -0.1) is 0 Å². The van der Waals surface area contributed by atoms with Crippen LogP contribution in [0.15, 0.2) is 24.3 Å². The molecule has 2 aromatic rings. The largest absolute Gasteiger partial charge is 0.395 e. The molecule has 2 rings (SSSR count). The number of fused-ring (bicyclic) bond motifs is 1. The van der Waals surface area contributed by atoms with Gasteiger partial charge in [0.1, 0.15) is 0 Å².